The van der Waals surface area contributed by atoms with E-state index in [1.165, 1.54) is 0 Å². The number of nitrogens with two attached hydrogens (primary N) is 1. The van der Waals surface area contributed by atoms with Crippen molar-refractivity contribution in [2.75, 3.05) is 5.32 Å². The number of hydrogen-bond donors (Lipinski definition) is 2. The summed E-state index contributed by atoms with van der Waals surface area (Å²) < 4.78 is 0. The van der Waals surface area contributed by atoms with Crippen LogP contribution in [0.5, 0.6) is 0 Å². The van der Waals surface area contributed by atoms with E-state index in [1.807, 2.05) is 51.1 Å². The second kappa shape index (κ2) is 4.97. The number of hydrogen-bond acceptors (Lipinski definition) is 3. The highest BCUT2D eigenvalue weighted by atomic mass is 16.2. The van der Waals surface area contributed by atoms with Crippen molar-refractivity contribution >= 4 is 22.5 Å². The first-order valence-corrected chi connectivity index (χ1v) is 6.29. The van der Waals surface area contributed by atoms with Crippen LogP contribution >= 0.6 is 0 Å². The minimum absolute atomic E-state index is 0.171. The molecule has 0 saturated heterocycles. The second-order valence-electron chi connectivity index (χ2n) is 5.74. The molecular weight excluding hydrogens is 238 g/mol. The summed E-state index contributed by atoms with van der Waals surface area (Å²) in [5.74, 6) is -0.171. The average molecular weight is 257 g/mol. The van der Waals surface area contributed by atoms with Crippen LogP contribution in [0.3, 0.4) is 0 Å². The van der Waals surface area contributed by atoms with Crippen molar-refractivity contribution < 1.29 is 4.79 Å². The van der Waals surface area contributed by atoms with Crippen molar-refractivity contribution in [3.8, 4) is 0 Å². The van der Waals surface area contributed by atoms with Crippen molar-refractivity contribution in [3.05, 3.63) is 36.5 Å². The van der Waals surface area contributed by atoms with Gasteiger partial charge in [0.15, 0.2) is 0 Å². The summed E-state index contributed by atoms with van der Waals surface area (Å²) in [5, 5.41) is 3.84. The maximum Gasteiger partial charge on any atom is 0.241 e. The van der Waals surface area contributed by atoms with E-state index in [0.29, 0.717) is 0 Å². The summed E-state index contributed by atoms with van der Waals surface area (Å²) in [6.45, 7) is 5.84. The molecule has 0 aliphatic rings. The summed E-state index contributed by atoms with van der Waals surface area (Å²) >= 11 is 0. The normalized spacial score (nSPS) is 13.3. The zero-order valence-corrected chi connectivity index (χ0v) is 11.5. The van der Waals surface area contributed by atoms with E-state index in [0.717, 1.165) is 16.6 Å². The molecule has 1 heterocycles. The Hall–Kier alpha value is -1.94. The molecule has 2 rings (SSSR count). The molecule has 19 heavy (non-hydrogen) atoms. The summed E-state index contributed by atoms with van der Waals surface area (Å²) in [7, 11) is 0. The molecule has 0 aliphatic carbocycles. The predicted octanol–water partition coefficient (Wildman–Crippen LogP) is 2.55. The number of carbonyl (C=O) groups is 1. The van der Waals surface area contributed by atoms with Gasteiger partial charge in [0.05, 0.1) is 11.6 Å². The fraction of sp³-hybridized carbons (Fsp3) is 0.333. The third-order valence-corrected chi connectivity index (χ3v) is 3.09. The molecule has 0 unspecified atom stereocenters. The smallest absolute Gasteiger partial charge is 0.241 e. The number of rotatable bonds is 2. The highest BCUT2D eigenvalue weighted by Crippen LogP contribution is 2.21. The highest BCUT2D eigenvalue weighted by Gasteiger charge is 2.27. The van der Waals surface area contributed by atoms with Gasteiger partial charge in [0, 0.05) is 17.3 Å². The predicted molar refractivity (Wildman–Crippen MR) is 77.8 cm³/mol. The summed E-state index contributed by atoms with van der Waals surface area (Å²) in [6.07, 6.45) is 1.75. The van der Waals surface area contributed by atoms with Gasteiger partial charge in [-0.3, -0.25) is 9.78 Å². The lowest BCUT2D eigenvalue weighted by atomic mass is 9.87. The first-order valence-electron chi connectivity index (χ1n) is 6.29. The van der Waals surface area contributed by atoms with Gasteiger partial charge in [-0.05, 0) is 29.7 Å². The van der Waals surface area contributed by atoms with Gasteiger partial charge in [-0.2, -0.15) is 0 Å². The number of amides is 1. The fourth-order valence-electron chi connectivity index (χ4n) is 1.77. The van der Waals surface area contributed by atoms with E-state index < -0.39 is 6.04 Å². The monoisotopic (exact) mass is 257 g/mol. The average Bonchev–Trinajstić information content (AvgIpc) is 2.36. The Bertz CT molecular complexity index is 602. The first-order chi connectivity index (χ1) is 8.88. The lowest BCUT2D eigenvalue weighted by Gasteiger charge is -2.25. The molecule has 1 aromatic heterocycles. The maximum absolute atomic E-state index is 12.0. The topological polar surface area (TPSA) is 68.0 Å². The van der Waals surface area contributed by atoms with Crippen LogP contribution in [0, 0.1) is 5.41 Å². The Morgan fingerprint density at radius 2 is 2.05 bits per heavy atom. The third kappa shape index (κ3) is 3.09. The van der Waals surface area contributed by atoms with Gasteiger partial charge in [-0.1, -0.05) is 26.8 Å². The van der Waals surface area contributed by atoms with Gasteiger partial charge < -0.3 is 11.1 Å². The second-order valence-corrected chi connectivity index (χ2v) is 5.74. The molecule has 0 radical (unpaired) electrons. The number of nitrogens with one attached hydrogen (secondary N) is 1. The quantitative estimate of drug-likeness (QED) is 0.868. The minimum Gasteiger partial charge on any atom is -0.325 e. The zero-order chi connectivity index (χ0) is 14.0. The van der Waals surface area contributed by atoms with Gasteiger partial charge in [0.25, 0.3) is 0 Å². The van der Waals surface area contributed by atoms with E-state index in [2.05, 4.69) is 10.3 Å². The molecule has 4 nitrogen and oxygen atoms in total. The molecule has 2 aromatic rings. The Morgan fingerprint density at radius 3 is 2.74 bits per heavy atom. The van der Waals surface area contributed by atoms with Gasteiger partial charge in [-0.15, -0.1) is 0 Å². The van der Waals surface area contributed by atoms with Crippen LogP contribution in [0.1, 0.15) is 20.8 Å². The number of carbonyl (C=O) groups excluding carboxylic acids is 1. The molecule has 100 valence electrons. The highest BCUT2D eigenvalue weighted by molar-refractivity contribution is 5.97. The van der Waals surface area contributed by atoms with Gasteiger partial charge in [0.1, 0.15) is 0 Å². The molecule has 0 bridgehead atoms. The van der Waals surface area contributed by atoms with Crippen LogP contribution in [0.2, 0.25) is 0 Å². The molecule has 0 aliphatic heterocycles. The molecule has 1 amide bonds. The molecule has 0 spiro atoms. The number of benzene rings is 1. The number of aromatic nitrogens is 1. The molecule has 4 heteroatoms. The lowest BCUT2D eigenvalue weighted by Crippen LogP contribution is -2.45. The van der Waals surface area contributed by atoms with Crippen molar-refractivity contribution in [1.82, 2.24) is 4.98 Å². The molecule has 3 N–H and O–H groups in total. The number of pyridine rings is 1. The minimum atomic E-state index is -0.544. The van der Waals surface area contributed by atoms with E-state index in [4.69, 9.17) is 5.73 Å². The molecule has 0 fully saturated rings. The Morgan fingerprint density at radius 1 is 1.32 bits per heavy atom. The standard InChI is InChI=1S/C15H19N3O/c1-15(2,3)13(16)14(19)18-11-6-7-12-10(9-11)5-4-8-17-12/h4-9,13H,16H2,1-3H3,(H,18,19)/t13-/m0/s1. The van der Waals surface area contributed by atoms with Crippen LogP contribution in [-0.4, -0.2) is 16.9 Å². The van der Waals surface area contributed by atoms with Gasteiger partial charge >= 0.3 is 0 Å². The van der Waals surface area contributed by atoms with Crippen molar-refractivity contribution in [2.24, 2.45) is 11.1 Å². The maximum atomic E-state index is 12.0. The Kier molecular flexibility index (Phi) is 3.53. The number of fused-ring (bicyclic) bond motifs is 1. The van der Waals surface area contributed by atoms with E-state index >= 15 is 0 Å². The zero-order valence-electron chi connectivity index (χ0n) is 11.5. The summed E-state index contributed by atoms with van der Waals surface area (Å²) in [5.41, 5.74) is 7.31. The number of anilines is 1. The van der Waals surface area contributed by atoms with Gasteiger partial charge in [0.2, 0.25) is 5.91 Å². The number of nitrogens with zero attached hydrogens (tertiary/aromatic N) is 1. The summed E-state index contributed by atoms with van der Waals surface area (Å²) in [6, 6.07) is 8.90. The van der Waals surface area contributed by atoms with Crippen LogP contribution < -0.4 is 11.1 Å². The third-order valence-electron chi connectivity index (χ3n) is 3.09. The first kappa shape index (κ1) is 13.5. The van der Waals surface area contributed by atoms with Crippen molar-refractivity contribution in [2.45, 2.75) is 26.8 Å². The largest absolute Gasteiger partial charge is 0.325 e. The van der Waals surface area contributed by atoms with Crippen molar-refractivity contribution in [1.29, 1.82) is 0 Å². The van der Waals surface area contributed by atoms with Crippen LogP contribution in [0.15, 0.2) is 36.5 Å². The van der Waals surface area contributed by atoms with Crippen LogP contribution in [0.25, 0.3) is 10.9 Å². The van der Waals surface area contributed by atoms with E-state index in [-0.39, 0.29) is 11.3 Å². The summed E-state index contributed by atoms with van der Waals surface area (Å²) in [4.78, 5) is 16.3. The fourth-order valence-corrected chi connectivity index (χ4v) is 1.77. The van der Waals surface area contributed by atoms with E-state index in [1.54, 1.807) is 6.20 Å². The molecule has 0 saturated carbocycles. The Balaban J connectivity index is 2.20. The molecule has 1 aromatic carbocycles. The SMILES string of the molecule is CC(C)(C)[C@@H](N)C(=O)Nc1ccc2ncccc2c1. The van der Waals surface area contributed by atoms with E-state index in [9.17, 15) is 4.79 Å². The van der Waals surface area contributed by atoms with Crippen molar-refractivity contribution in [3.63, 3.8) is 0 Å². The van der Waals surface area contributed by atoms with Crippen LogP contribution in [-0.2, 0) is 4.79 Å². The van der Waals surface area contributed by atoms with Gasteiger partial charge in [-0.25, -0.2) is 0 Å². The molecule has 1 atom stereocenters. The Labute approximate surface area is 113 Å². The lowest BCUT2D eigenvalue weighted by molar-refractivity contribution is -0.119. The molecular formula is C15H19N3O. The van der Waals surface area contributed by atoms with Crippen LogP contribution in [0.4, 0.5) is 5.69 Å².